The van der Waals surface area contributed by atoms with Gasteiger partial charge in [-0.05, 0) is 36.4 Å². The highest BCUT2D eigenvalue weighted by molar-refractivity contribution is 6.10. The van der Waals surface area contributed by atoms with Gasteiger partial charge in [-0.1, -0.05) is 72.8 Å². The molecule has 36 heavy (non-hydrogen) atoms. The van der Waals surface area contributed by atoms with E-state index in [9.17, 15) is 4.79 Å². The molecule has 0 atom stereocenters. The molecule has 3 heterocycles. The molecule has 0 spiro atoms. The molecule has 0 aliphatic heterocycles. The number of carbonyl (C=O) groups is 1. The average molecular weight is 468 g/mol. The summed E-state index contributed by atoms with van der Waals surface area (Å²) in [6, 6.07) is 36.7. The van der Waals surface area contributed by atoms with Gasteiger partial charge in [0.1, 0.15) is 11.6 Å². The Labute approximate surface area is 206 Å². The van der Waals surface area contributed by atoms with Crippen LogP contribution < -0.4 is 0 Å². The SMILES string of the molecule is COC(=O)c1cc(-n2c3ccccc3c3ccccc32)nc(-n2c3ccccc3c3ccccc32)c1. The van der Waals surface area contributed by atoms with Gasteiger partial charge in [0.15, 0.2) is 0 Å². The third-order valence-electron chi connectivity index (χ3n) is 6.84. The Morgan fingerprint density at radius 2 is 0.917 bits per heavy atom. The Bertz CT molecular complexity index is 1720. The number of hydrogen-bond donors (Lipinski definition) is 0. The zero-order valence-corrected chi connectivity index (χ0v) is 19.6. The number of methoxy groups -OCH3 is 1. The number of benzene rings is 4. The van der Waals surface area contributed by atoms with Gasteiger partial charge in [0, 0.05) is 21.5 Å². The minimum absolute atomic E-state index is 0.401. The Morgan fingerprint density at radius 3 is 1.25 bits per heavy atom. The van der Waals surface area contributed by atoms with Crippen LogP contribution in [0.4, 0.5) is 0 Å². The maximum absolute atomic E-state index is 12.8. The van der Waals surface area contributed by atoms with Crippen molar-refractivity contribution in [3.8, 4) is 11.6 Å². The Morgan fingerprint density at radius 1 is 0.583 bits per heavy atom. The first-order valence-electron chi connectivity index (χ1n) is 11.8. The van der Waals surface area contributed by atoms with Crippen molar-refractivity contribution in [2.45, 2.75) is 0 Å². The van der Waals surface area contributed by atoms with Gasteiger partial charge in [-0.3, -0.25) is 9.13 Å². The molecule has 4 aromatic carbocycles. The van der Waals surface area contributed by atoms with Gasteiger partial charge in [0.2, 0.25) is 0 Å². The molecule has 0 N–H and O–H groups in total. The van der Waals surface area contributed by atoms with E-state index in [1.807, 2.05) is 60.7 Å². The van der Waals surface area contributed by atoms with Crippen LogP contribution in [0.1, 0.15) is 10.4 Å². The van der Waals surface area contributed by atoms with Crippen molar-refractivity contribution >= 4 is 49.6 Å². The fourth-order valence-corrected chi connectivity index (χ4v) is 5.31. The van der Waals surface area contributed by atoms with Crippen molar-refractivity contribution in [3.63, 3.8) is 0 Å². The Kier molecular flexibility index (Phi) is 4.45. The third-order valence-corrected chi connectivity index (χ3v) is 6.84. The number of nitrogens with zero attached hydrogens (tertiary/aromatic N) is 3. The normalized spacial score (nSPS) is 11.6. The minimum atomic E-state index is -0.401. The van der Waals surface area contributed by atoms with Crippen LogP contribution in [-0.4, -0.2) is 27.2 Å². The van der Waals surface area contributed by atoms with Gasteiger partial charge in [-0.25, -0.2) is 9.78 Å². The number of ether oxygens (including phenoxy) is 1. The molecule has 7 aromatic rings. The second-order valence-electron chi connectivity index (χ2n) is 8.80. The molecular weight excluding hydrogens is 446 g/mol. The van der Waals surface area contributed by atoms with E-state index in [1.165, 1.54) is 7.11 Å². The van der Waals surface area contributed by atoms with Crippen molar-refractivity contribution in [3.05, 3.63) is 115 Å². The third kappa shape index (κ3) is 2.89. The zero-order valence-electron chi connectivity index (χ0n) is 19.6. The molecule has 0 unspecified atom stereocenters. The Hall–Kier alpha value is -4.90. The van der Waals surface area contributed by atoms with Crippen molar-refractivity contribution < 1.29 is 9.53 Å². The topological polar surface area (TPSA) is 49.1 Å². The highest BCUT2D eigenvalue weighted by atomic mass is 16.5. The minimum Gasteiger partial charge on any atom is -0.465 e. The number of fused-ring (bicyclic) bond motifs is 6. The standard InChI is InChI=1S/C31H21N3O2/c1-36-31(35)20-18-29(33-25-14-6-2-10-21(25)22-11-3-7-15-26(22)33)32-30(19-20)34-27-16-8-4-12-23(27)24-13-5-9-17-28(24)34/h2-19H,1H3. The second kappa shape index (κ2) is 7.82. The van der Waals surface area contributed by atoms with Crippen LogP contribution >= 0.6 is 0 Å². The van der Waals surface area contributed by atoms with Gasteiger partial charge >= 0.3 is 5.97 Å². The number of aromatic nitrogens is 3. The highest BCUT2D eigenvalue weighted by Gasteiger charge is 2.19. The number of esters is 1. The molecule has 0 aliphatic carbocycles. The summed E-state index contributed by atoms with van der Waals surface area (Å²) in [5.41, 5.74) is 4.56. The molecule has 0 radical (unpaired) electrons. The number of rotatable bonds is 3. The van der Waals surface area contributed by atoms with Gasteiger partial charge in [-0.2, -0.15) is 0 Å². The molecule has 0 bridgehead atoms. The number of para-hydroxylation sites is 4. The first-order chi connectivity index (χ1) is 17.7. The lowest BCUT2D eigenvalue weighted by molar-refractivity contribution is 0.0600. The van der Waals surface area contributed by atoms with Crippen molar-refractivity contribution in [1.29, 1.82) is 0 Å². The molecule has 5 nitrogen and oxygen atoms in total. The predicted octanol–water partition coefficient (Wildman–Crippen LogP) is 7.06. The Balaban J connectivity index is 1.61. The summed E-state index contributed by atoms with van der Waals surface area (Å²) in [6.45, 7) is 0. The number of hydrogen-bond acceptors (Lipinski definition) is 3. The number of pyridine rings is 1. The summed E-state index contributed by atoms with van der Waals surface area (Å²) in [6.07, 6.45) is 0. The quantitative estimate of drug-likeness (QED) is 0.261. The van der Waals surface area contributed by atoms with E-state index in [4.69, 9.17) is 9.72 Å². The van der Waals surface area contributed by atoms with E-state index < -0.39 is 5.97 Å². The molecule has 0 saturated heterocycles. The fraction of sp³-hybridized carbons (Fsp3) is 0.0323. The molecule has 0 fully saturated rings. The molecule has 0 amide bonds. The first kappa shape index (κ1) is 20.5. The van der Waals surface area contributed by atoms with Gasteiger partial charge in [0.05, 0.1) is 34.7 Å². The van der Waals surface area contributed by atoms with Gasteiger partial charge < -0.3 is 4.74 Å². The predicted molar refractivity (Wildman–Crippen MR) is 144 cm³/mol. The second-order valence-corrected chi connectivity index (χ2v) is 8.80. The molecule has 7 rings (SSSR count). The van der Waals surface area contributed by atoms with Crippen LogP contribution in [0, 0.1) is 0 Å². The lowest BCUT2D eigenvalue weighted by Crippen LogP contribution is -2.09. The molecule has 172 valence electrons. The summed E-state index contributed by atoms with van der Waals surface area (Å²) in [7, 11) is 1.41. The maximum atomic E-state index is 12.8. The van der Waals surface area contributed by atoms with Gasteiger partial charge in [0.25, 0.3) is 0 Å². The smallest absolute Gasteiger partial charge is 0.338 e. The van der Waals surface area contributed by atoms with E-state index in [1.54, 1.807) is 0 Å². The van der Waals surface area contributed by atoms with E-state index in [2.05, 4.69) is 57.7 Å². The molecule has 0 saturated carbocycles. The summed E-state index contributed by atoms with van der Waals surface area (Å²) in [5, 5.41) is 4.54. The summed E-state index contributed by atoms with van der Waals surface area (Å²) < 4.78 is 9.38. The largest absolute Gasteiger partial charge is 0.465 e. The lowest BCUT2D eigenvalue weighted by atomic mass is 10.2. The van der Waals surface area contributed by atoms with Crippen LogP contribution in [0.5, 0.6) is 0 Å². The van der Waals surface area contributed by atoms with Crippen LogP contribution in [-0.2, 0) is 4.74 Å². The van der Waals surface area contributed by atoms with E-state index in [-0.39, 0.29) is 0 Å². The van der Waals surface area contributed by atoms with Crippen LogP contribution in [0.25, 0.3) is 55.2 Å². The van der Waals surface area contributed by atoms with Crippen LogP contribution in [0.2, 0.25) is 0 Å². The van der Waals surface area contributed by atoms with Crippen molar-refractivity contribution in [2.75, 3.05) is 7.11 Å². The monoisotopic (exact) mass is 467 g/mol. The molecule has 0 aliphatic rings. The molecule has 3 aromatic heterocycles. The molecular formula is C31H21N3O2. The molecule has 5 heteroatoms. The van der Waals surface area contributed by atoms with Crippen LogP contribution in [0.3, 0.4) is 0 Å². The average Bonchev–Trinajstić information content (AvgIpc) is 3.45. The van der Waals surface area contributed by atoms with Crippen molar-refractivity contribution in [1.82, 2.24) is 14.1 Å². The lowest BCUT2D eigenvalue weighted by Gasteiger charge is -2.13. The van der Waals surface area contributed by atoms with Crippen molar-refractivity contribution in [2.24, 2.45) is 0 Å². The van der Waals surface area contributed by atoms with E-state index in [0.717, 1.165) is 43.6 Å². The summed E-state index contributed by atoms with van der Waals surface area (Å²) in [5.74, 6) is 0.917. The maximum Gasteiger partial charge on any atom is 0.338 e. The zero-order chi connectivity index (χ0) is 24.2. The fourth-order valence-electron chi connectivity index (χ4n) is 5.31. The van der Waals surface area contributed by atoms with E-state index in [0.29, 0.717) is 17.2 Å². The van der Waals surface area contributed by atoms with Crippen LogP contribution in [0.15, 0.2) is 109 Å². The first-order valence-corrected chi connectivity index (χ1v) is 11.8. The highest BCUT2D eigenvalue weighted by Crippen LogP contribution is 2.34. The summed E-state index contributed by atoms with van der Waals surface area (Å²) in [4.78, 5) is 18.0. The van der Waals surface area contributed by atoms with Gasteiger partial charge in [-0.15, -0.1) is 0 Å². The summed E-state index contributed by atoms with van der Waals surface area (Å²) >= 11 is 0. The van der Waals surface area contributed by atoms with E-state index >= 15 is 0 Å². The number of carbonyl (C=O) groups excluding carboxylic acids is 1.